The lowest BCUT2D eigenvalue weighted by Crippen LogP contribution is -2.38. The largest absolute Gasteiger partial charge is 0.490 e. The molecule has 0 amide bonds. The maximum absolute atomic E-state index is 11.8. The highest BCUT2D eigenvalue weighted by Gasteiger charge is 2.44. The summed E-state index contributed by atoms with van der Waals surface area (Å²) in [6.07, 6.45) is 12.7. The Morgan fingerprint density at radius 1 is 0.710 bits per heavy atom. The highest BCUT2D eigenvalue weighted by atomic mass is 31.3. The number of rotatable bonds is 9. The average molecular weight is 506 g/mol. The summed E-state index contributed by atoms with van der Waals surface area (Å²) in [4.78, 5) is 35.8. The summed E-state index contributed by atoms with van der Waals surface area (Å²) in [5.41, 5.74) is 0. The van der Waals surface area contributed by atoms with Crippen LogP contribution in [0.4, 0.5) is 0 Å². The molecular weight excluding hydrogens is 473 g/mol. The molecule has 3 aliphatic rings. The van der Waals surface area contributed by atoms with Gasteiger partial charge in [0.05, 0.1) is 18.8 Å². The number of hydrogen-bond acceptors (Lipinski definition) is 7. The first-order chi connectivity index (χ1) is 14.4. The van der Waals surface area contributed by atoms with E-state index < -0.39 is 29.6 Å². The molecule has 14 heteroatoms. The predicted molar refractivity (Wildman–Crippen MR) is 110 cm³/mol. The van der Waals surface area contributed by atoms with Gasteiger partial charge in [-0.25, -0.2) is 13.7 Å². The lowest BCUT2D eigenvalue weighted by Gasteiger charge is -2.43. The van der Waals surface area contributed by atoms with Crippen LogP contribution in [0.1, 0.15) is 70.6 Å². The minimum Gasteiger partial charge on any atom is -0.372 e. The molecule has 4 N–H and O–H groups in total. The second-order valence-corrected chi connectivity index (χ2v) is 13.3. The fourth-order valence-electron chi connectivity index (χ4n) is 5.04. The van der Waals surface area contributed by atoms with Crippen molar-refractivity contribution < 1.29 is 51.2 Å². The van der Waals surface area contributed by atoms with E-state index >= 15 is 0 Å². The standard InChI is InChI=1S/C17H33O11P3/c18-29(19,20)27-31(23,24)28-30(21,22)25-12-16-8-9-17(26-16)15-10-14(11-15)13-6-4-2-1-3-5-7-13/h13-17H,1-12H2,(H,21,22)(H,23,24)(H2,18,19,20). The summed E-state index contributed by atoms with van der Waals surface area (Å²) in [5.74, 6) is 2.06. The monoisotopic (exact) mass is 506 g/mol. The van der Waals surface area contributed by atoms with Gasteiger partial charge in [-0.05, 0) is 43.4 Å². The molecule has 0 aromatic rings. The molecule has 31 heavy (non-hydrogen) atoms. The highest BCUT2D eigenvalue weighted by molar-refractivity contribution is 7.66. The van der Waals surface area contributed by atoms with Crippen molar-refractivity contribution in [2.75, 3.05) is 6.61 Å². The van der Waals surface area contributed by atoms with Gasteiger partial charge in [0.15, 0.2) is 0 Å². The molecule has 4 atom stereocenters. The van der Waals surface area contributed by atoms with Gasteiger partial charge in [0.25, 0.3) is 0 Å². The highest BCUT2D eigenvalue weighted by Crippen LogP contribution is 2.66. The smallest absolute Gasteiger partial charge is 0.372 e. The maximum Gasteiger partial charge on any atom is 0.490 e. The van der Waals surface area contributed by atoms with Gasteiger partial charge in [0.1, 0.15) is 0 Å². The van der Waals surface area contributed by atoms with Crippen molar-refractivity contribution in [2.45, 2.75) is 82.8 Å². The van der Waals surface area contributed by atoms with Crippen molar-refractivity contribution in [1.82, 2.24) is 0 Å². The summed E-state index contributed by atoms with van der Waals surface area (Å²) in [5, 5.41) is 0. The van der Waals surface area contributed by atoms with Crippen molar-refractivity contribution >= 4 is 23.5 Å². The molecule has 0 aromatic carbocycles. The van der Waals surface area contributed by atoms with Crippen molar-refractivity contribution in [3.63, 3.8) is 0 Å². The summed E-state index contributed by atoms with van der Waals surface area (Å²) in [7, 11) is -16.0. The zero-order chi connectivity index (χ0) is 22.7. The quantitative estimate of drug-likeness (QED) is 0.330. The first-order valence-corrected chi connectivity index (χ1v) is 15.4. The minimum absolute atomic E-state index is 0.0688. The third-order valence-corrected chi connectivity index (χ3v) is 10.3. The second kappa shape index (κ2) is 10.7. The van der Waals surface area contributed by atoms with Crippen molar-refractivity contribution in [3.8, 4) is 0 Å². The number of phosphoric ester groups is 1. The topological polar surface area (TPSA) is 169 Å². The van der Waals surface area contributed by atoms with Crippen LogP contribution in [0.2, 0.25) is 0 Å². The van der Waals surface area contributed by atoms with Gasteiger partial charge in [-0.3, -0.25) is 4.52 Å². The summed E-state index contributed by atoms with van der Waals surface area (Å²) in [6.45, 7) is -0.348. The Labute approximate surface area is 182 Å². The van der Waals surface area contributed by atoms with E-state index in [4.69, 9.17) is 14.5 Å². The maximum atomic E-state index is 11.8. The van der Waals surface area contributed by atoms with E-state index in [9.17, 15) is 23.5 Å². The van der Waals surface area contributed by atoms with E-state index in [2.05, 4.69) is 13.1 Å². The van der Waals surface area contributed by atoms with Crippen LogP contribution in [-0.4, -0.2) is 38.4 Å². The Bertz CT molecular complexity index is 727. The third kappa shape index (κ3) is 8.58. The second-order valence-electron chi connectivity index (χ2n) is 8.86. The minimum atomic E-state index is -5.49. The first-order valence-electron chi connectivity index (χ1n) is 10.9. The van der Waals surface area contributed by atoms with Gasteiger partial charge >= 0.3 is 23.5 Å². The zero-order valence-electron chi connectivity index (χ0n) is 17.4. The van der Waals surface area contributed by atoms with Crippen LogP contribution < -0.4 is 0 Å². The van der Waals surface area contributed by atoms with E-state index in [0.717, 1.165) is 31.1 Å². The fraction of sp³-hybridized carbons (Fsp3) is 1.00. The molecule has 0 spiro atoms. The Kier molecular flexibility index (Phi) is 9.01. The summed E-state index contributed by atoms with van der Waals surface area (Å²) >= 11 is 0. The number of phosphoric acid groups is 3. The summed E-state index contributed by atoms with van der Waals surface area (Å²) < 4.78 is 51.9. The molecule has 3 rings (SSSR count). The predicted octanol–water partition coefficient (Wildman–Crippen LogP) is 4.26. The Morgan fingerprint density at radius 2 is 1.32 bits per heavy atom. The number of ether oxygens (including phenoxy) is 1. The van der Waals surface area contributed by atoms with Crippen molar-refractivity contribution in [2.24, 2.45) is 17.8 Å². The molecule has 0 aromatic heterocycles. The lowest BCUT2D eigenvalue weighted by molar-refractivity contribution is -0.0556. The van der Waals surface area contributed by atoms with E-state index in [0.29, 0.717) is 12.3 Å². The normalized spacial score (nSPS) is 34.8. The van der Waals surface area contributed by atoms with Crippen molar-refractivity contribution in [1.29, 1.82) is 0 Å². The van der Waals surface area contributed by atoms with E-state index in [1.165, 1.54) is 44.9 Å². The summed E-state index contributed by atoms with van der Waals surface area (Å²) in [6, 6.07) is 0. The van der Waals surface area contributed by atoms with Crippen molar-refractivity contribution in [3.05, 3.63) is 0 Å². The van der Waals surface area contributed by atoms with Gasteiger partial charge in [0, 0.05) is 0 Å². The van der Waals surface area contributed by atoms with Gasteiger partial charge in [0.2, 0.25) is 0 Å². The molecule has 1 saturated heterocycles. The molecule has 2 aliphatic carbocycles. The zero-order valence-corrected chi connectivity index (χ0v) is 20.0. The van der Waals surface area contributed by atoms with Crippen LogP contribution in [0, 0.1) is 17.8 Å². The molecular formula is C17H33O11P3. The van der Waals surface area contributed by atoms with Gasteiger partial charge in [-0.15, -0.1) is 0 Å². The first kappa shape index (κ1) is 26.0. The Morgan fingerprint density at radius 3 is 1.94 bits per heavy atom. The molecule has 182 valence electrons. The molecule has 0 radical (unpaired) electrons. The lowest BCUT2D eigenvalue weighted by atomic mass is 9.64. The SMILES string of the molecule is O=P(O)(O)OP(=O)(O)OP(=O)(O)OCC1CCC(C2CC(C3CCCCCCC3)C2)O1. The van der Waals surface area contributed by atoms with Crippen LogP contribution >= 0.6 is 23.5 Å². The molecule has 2 saturated carbocycles. The molecule has 3 fully saturated rings. The Balaban J connectivity index is 1.38. The van der Waals surface area contributed by atoms with E-state index in [1.54, 1.807) is 0 Å². The molecule has 0 bridgehead atoms. The molecule has 1 aliphatic heterocycles. The van der Waals surface area contributed by atoms with E-state index in [1.807, 2.05) is 0 Å². The van der Waals surface area contributed by atoms with Crippen LogP contribution in [0.3, 0.4) is 0 Å². The fourth-order valence-corrected chi connectivity index (χ4v) is 8.09. The third-order valence-electron chi connectivity index (χ3n) is 6.53. The van der Waals surface area contributed by atoms with Crippen LogP contribution in [0.25, 0.3) is 0 Å². The van der Waals surface area contributed by atoms with Crippen LogP contribution in [0.5, 0.6) is 0 Å². The average Bonchev–Trinajstić information content (AvgIpc) is 2.98. The number of hydrogen-bond donors (Lipinski definition) is 4. The molecule has 11 nitrogen and oxygen atoms in total. The molecule has 1 heterocycles. The van der Waals surface area contributed by atoms with Crippen LogP contribution in [0.15, 0.2) is 0 Å². The van der Waals surface area contributed by atoms with Crippen LogP contribution in [-0.2, 0) is 31.6 Å². The van der Waals surface area contributed by atoms with Gasteiger partial charge in [-0.2, -0.15) is 8.62 Å². The van der Waals surface area contributed by atoms with Gasteiger partial charge in [-0.1, -0.05) is 44.9 Å². The Hall–Kier alpha value is 0.370. The molecule has 4 unspecified atom stereocenters. The van der Waals surface area contributed by atoms with Gasteiger partial charge < -0.3 is 24.3 Å². The van der Waals surface area contributed by atoms with E-state index in [-0.39, 0.29) is 12.7 Å².